The molecule has 46 heavy (non-hydrogen) atoms. The van der Waals surface area contributed by atoms with E-state index in [4.69, 9.17) is 32.9 Å². The average Bonchev–Trinajstić information content (AvgIpc) is 3.47. The smallest absolute Gasteiger partial charge is 0.408 e. The molecule has 1 aliphatic rings. The van der Waals surface area contributed by atoms with E-state index in [0.717, 1.165) is 53.6 Å². The molecular formula is C33H41Cl2N5O4S2. The molecule has 1 atom stereocenters. The number of rotatable bonds is 12. The number of hydrogen-bond donors (Lipinski definition) is 3. The van der Waals surface area contributed by atoms with Gasteiger partial charge in [0.05, 0.1) is 21.5 Å². The number of hydrogen-bond acceptors (Lipinski definition) is 8. The Kier molecular flexibility index (Phi) is 13.2. The van der Waals surface area contributed by atoms with Gasteiger partial charge in [0.2, 0.25) is 11.8 Å². The molecule has 0 bridgehead atoms. The number of ether oxygens (including phenoxy) is 1. The van der Waals surface area contributed by atoms with Crippen LogP contribution in [-0.4, -0.2) is 64.3 Å². The van der Waals surface area contributed by atoms with Gasteiger partial charge < -0.3 is 20.7 Å². The van der Waals surface area contributed by atoms with Gasteiger partial charge in [-0.25, -0.2) is 9.78 Å². The maximum atomic E-state index is 13.0. The largest absolute Gasteiger partial charge is 0.444 e. The molecule has 3 N–H and O–H groups in total. The Hall–Kier alpha value is -2.83. The number of thioether (sulfide) groups is 1. The molecule has 2 aromatic carbocycles. The SMILES string of the molecule is CCC[C@H](NC(=O)OC(C)(C)C)C(=O)Nc1cccc(-c2csc(SCC(=O)NC3CCN(Cc4ccc(Cl)c(Cl)c4)CC3)n2)c1. The standard InChI is InChI=1S/C33H41Cl2N5O4S2/c1-5-7-27(38-31(43)44-33(2,3)4)30(42)37-24-9-6-8-22(17-24)28-19-45-32(39-28)46-20-29(41)36-23-12-14-40(15-13-23)18-21-10-11-25(34)26(35)16-21/h6,8-11,16-17,19,23,27H,5,7,12-15,18,20H2,1-4H3,(H,36,41)(H,37,42)(H,38,43)/t27-/m0/s1. The van der Waals surface area contributed by atoms with Crippen molar-refractivity contribution in [3.63, 3.8) is 0 Å². The molecule has 0 spiro atoms. The van der Waals surface area contributed by atoms with E-state index in [1.165, 1.54) is 23.1 Å². The molecule has 0 unspecified atom stereocenters. The van der Waals surface area contributed by atoms with Gasteiger partial charge in [-0.1, -0.05) is 66.5 Å². The van der Waals surface area contributed by atoms with Crippen molar-refractivity contribution in [2.24, 2.45) is 0 Å². The third-order valence-corrected chi connectivity index (χ3v) is 9.92. The summed E-state index contributed by atoms with van der Waals surface area (Å²) in [7, 11) is 0. The molecule has 13 heteroatoms. The van der Waals surface area contributed by atoms with E-state index in [2.05, 4.69) is 20.9 Å². The van der Waals surface area contributed by atoms with Crippen LogP contribution in [0.25, 0.3) is 11.3 Å². The number of nitrogens with zero attached hydrogens (tertiary/aromatic N) is 2. The second kappa shape index (κ2) is 16.8. The zero-order valence-electron chi connectivity index (χ0n) is 26.5. The molecule has 1 aromatic heterocycles. The number of halogens is 2. The van der Waals surface area contributed by atoms with Gasteiger partial charge in [0.15, 0.2) is 4.34 Å². The highest BCUT2D eigenvalue weighted by Crippen LogP contribution is 2.30. The number of likely N-dealkylation sites (tertiary alicyclic amines) is 1. The lowest BCUT2D eigenvalue weighted by molar-refractivity contribution is -0.119. The van der Waals surface area contributed by atoms with Crippen molar-refractivity contribution in [2.45, 2.75) is 81.9 Å². The normalized spacial score (nSPS) is 14.8. The number of alkyl carbamates (subject to hydrolysis) is 1. The van der Waals surface area contributed by atoms with Gasteiger partial charge in [-0.05, 0) is 69.9 Å². The van der Waals surface area contributed by atoms with Crippen LogP contribution in [0.5, 0.6) is 0 Å². The fourth-order valence-corrected chi connectivity index (χ4v) is 6.94. The van der Waals surface area contributed by atoms with Crippen LogP contribution in [-0.2, 0) is 20.9 Å². The van der Waals surface area contributed by atoms with Gasteiger partial charge in [0, 0.05) is 42.3 Å². The first-order valence-corrected chi connectivity index (χ1v) is 18.0. The lowest BCUT2D eigenvalue weighted by Crippen LogP contribution is -2.45. The fourth-order valence-electron chi connectivity index (χ4n) is 4.98. The average molecular weight is 707 g/mol. The summed E-state index contributed by atoms with van der Waals surface area (Å²) in [4.78, 5) is 45.1. The van der Waals surface area contributed by atoms with Crippen LogP contribution >= 0.6 is 46.3 Å². The molecule has 9 nitrogen and oxygen atoms in total. The molecule has 1 aliphatic heterocycles. The minimum Gasteiger partial charge on any atom is -0.444 e. The lowest BCUT2D eigenvalue weighted by atomic mass is 10.0. The molecule has 0 aliphatic carbocycles. The molecule has 1 fully saturated rings. The number of anilines is 1. The monoisotopic (exact) mass is 705 g/mol. The Morgan fingerprint density at radius 1 is 1.11 bits per heavy atom. The Labute approximate surface area is 289 Å². The van der Waals surface area contributed by atoms with E-state index < -0.39 is 17.7 Å². The number of benzene rings is 2. The van der Waals surface area contributed by atoms with Gasteiger partial charge in [-0.3, -0.25) is 14.5 Å². The molecule has 3 aromatic rings. The van der Waals surface area contributed by atoms with Crippen LogP contribution < -0.4 is 16.0 Å². The van der Waals surface area contributed by atoms with Crippen LogP contribution in [0.15, 0.2) is 52.2 Å². The summed E-state index contributed by atoms with van der Waals surface area (Å²) in [6.07, 6.45) is 2.35. The van der Waals surface area contributed by atoms with Crippen molar-refractivity contribution in [2.75, 3.05) is 24.2 Å². The van der Waals surface area contributed by atoms with E-state index in [-0.39, 0.29) is 23.6 Å². The highest BCUT2D eigenvalue weighted by atomic mass is 35.5. The summed E-state index contributed by atoms with van der Waals surface area (Å²) >= 11 is 15.1. The second-order valence-corrected chi connectivity index (χ2v) is 15.1. The maximum Gasteiger partial charge on any atom is 0.408 e. The van der Waals surface area contributed by atoms with Crippen molar-refractivity contribution < 1.29 is 19.1 Å². The first kappa shape index (κ1) is 36.0. The quantitative estimate of drug-likeness (QED) is 0.166. The summed E-state index contributed by atoms with van der Waals surface area (Å²) in [5.74, 6) is -0.0331. The van der Waals surface area contributed by atoms with E-state index in [1.807, 2.05) is 48.7 Å². The number of nitrogens with one attached hydrogen (secondary N) is 3. The van der Waals surface area contributed by atoms with Crippen LogP contribution in [0.3, 0.4) is 0 Å². The summed E-state index contributed by atoms with van der Waals surface area (Å²) in [6.45, 7) is 9.87. The van der Waals surface area contributed by atoms with Gasteiger partial charge in [-0.15, -0.1) is 11.3 Å². The van der Waals surface area contributed by atoms with Crippen LogP contribution in [0.1, 0.15) is 58.9 Å². The van der Waals surface area contributed by atoms with Gasteiger partial charge in [-0.2, -0.15) is 0 Å². The summed E-state index contributed by atoms with van der Waals surface area (Å²) in [5, 5.41) is 11.8. The van der Waals surface area contributed by atoms with Crippen molar-refractivity contribution >= 4 is 69.9 Å². The highest BCUT2D eigenvalue weighted by Gasteiger charge is 2.24. The zero-order valence-corrected chi connectivity index (χ0v) is 29.7. The van der Waals surface area contributed by atoms with Crippen molar-refractivity contribution in [1.82, 2.24) is 20.5 Å². The Bertz CT molecular complexity index is 1510. The number of amides is 3. The molecular weight excluding hydrogens is 665 g/mol. The molecule has 248 valence electrons. The Morgan fingerprint density at radius 2 is 1.87 bits per heavy atom. The predicted octanol–water partition coefficient (Wildman–Crippen LogP) is 7.62. The van der Waals surface area contributed by atoms with Gasteiger partial charge in [0.1, 0.15) is 11.6 Å². The van der Waals surface area contributed by atoms with Gasteiger partial charge >= 0.3 is 6.09 Å². The van der Waals surface area contributed by atoms with Crippen molar-refractivity contribution in [1.29, 1.82) is 0 Å². The van der Waals surface area contributed by atoms with Crippen LogP contribution in [0, 0.1) is 0 Å². The van der Waals surface area contributed by atoms with Gasteiger partial charge in [0.25, 0.3) is 0 Å². The molecule has 1 saturated heterocycles. The van der Waals surface area contributed by atoms with Crippen LogP contribution in [0.4, 0.5) is 10.5 Å². The van der Waals surface area contributed by atoms with Crippen molar-refractivity contribution in [3.05, 3.63) is 63.5 Å². The third-order valence-electron chi connectivity index (χ3n) is 7.16. The summed E-state index contributed by atoms with van der Waals surface area (Å²) < 4.78 is 6.11. The molecule has 2 heterocycles. The minimum absolute atomic E-state index is 0.00369. The first-order chi connectivity index (χ1) is 21.9. The zero-order chi connectivity index (χ0) is 33.3. The molecule has 0 saturated carbocycles. The fraction of sp³-hybridized carbons (Fsp3) is 0.455. The number of thiazole rings is 1. The van der Waals surface area contributed by atoms with E-state index in [1.54, 1.807) is 26.8 Å². The number of carbonyl (C=O) groups is 3. The summed E-state index contributed by atoms with van der Waals surface area (Å²) in [5.41, 5.74) is 2.66. The molecule has 0 radical (unpaired) electrons. The Balaban J connectivity index is 1.23. The second-order valence-electron chi connectivity index (χ2n) is 12.2. The summed E-state index contributed by atoms with van der Waals surface area (Å²) in [6, 6.07) is 12.6. The Morgan fingerprint density at radius 3 is 2.57 bits per heavy atom. The van der Waals surface area contributed by atoms with E-state index in [0.29, 0.717) is 28.6 Å². The number of piperidine rings is 1. The predicted molar refractivity (Wildman–Crippen MR) is 188 cm³/mol. The lowest BCUT2D eigenvalue weighted by Gasteiger charge is -2.32. The van der Waals surface area contributed by atoms with E-state index in [9.17, 15) is 14.4 Å². The number of carbonyl (C=O) groups excluding carboxylic acids is 3. The maximum absolute atomic E-state index is 13.0. The van der Waals surface area contributed by atoms with E-state index >= 15 is 0 Å². The molecule has 4 rings (SSSR count). The minimum atomic E-state index is -0.724. The van der Waals surface area contributed by atoms with Crippen molar-refractivity contribution in [3.8, 4) is 11.3 Å². The highest BCUT2D eigenvalue weighted by molar-refractivity contribution is 8.01. The molecule has 3 amide bonds. The number of aromatic nitrogens is 1. The topological polar surface area (TPSA) is 113 Å². The third kappa shape index (κ3) is 11.5. The van der Waals surface area contributed by atoms with Crippen LogP contribution in [0.2, 0.25) is 10.0 Å². The first-order valence-electron chi connectivity index (χ1n) is 15.3.